The lowest BCUT2D eigenvalue weighted by molar-refractivity contribution is -0.0278. The number of hydrogen-bond donors (Lipinski definition) is 1. The molecule has 1 saturated heterocycles. The first-order chi connectivity index (χ1) is 12.2. The second kappa shape index (κ2) is 7.00. The van der Waals surface area contributed by atoms with Crippen molar-refractivity contribution in [2.45, 2.75) is 64.1 Å². The molecular formula is C20H29N3O3. The lowest BCUT2D eigenvalue weighted by atomic mass is 9.86. The van der Waals surface area contributed by atoms with Crippen LogP contribution in [0.5, 0.6) is 5.75 Å². The smallest absolute Gasteiger partial charge is 0.240 e. The summed E-state index contributed by atoms with van der Waals surface area (Å²) in [7, 11) is 1.64. The van der Waals surface area contributed by atoms with Crippen molar-refractivity contribution in [3.8, 4) is 5.75 Å². The van der Waals surface area contributed by atoms with Crippen LogP contribution in [0.2, 0.25) is 0 Å². The molecular weight excluding hydrogens is 330 g/mol. The molecule has 6 nitrogen and oxygen atoms in total. The summed E-state index contributed by atoms with van der Waals surface area (Å²) in [6.45, 7) is 9.54. The van der Waals surface area contributed by atoms with Gasteiger partial charge in [0, 0.05) is 11.5 Å². The highest BCUT2D eigenvalue weighted by Crippen LogP contribution is 2.36. The van der Waals surface area contributed by atoms with E-state index in [9.17, 15) is 5.11 Å². The molecule has 1 aliphatic rings. The third kappa shape index (κ3) is 3.76. The van der Waals surface area contributed by atoms with Crippen LogP contribution in [0.15, 0.2) is 28.8 Å². The molecule has 0 aliphatic carbocycles. The molecule has 1 aromatic heterocycles. The van der Waals surface area contributed by atoms with E-state index >= 15 is 0 Å². The molecule has 26 heavy (non-hydrogen) atoms. The Morgan fingerprint density at radius 1 is 1.23 bits per heavy atom. The van der Waals surface area contributed by atoms with E-state index < -0.39 is 5.60 Å². The summed E-state index contributed by atoms with van der Waals surface area (Å²) in [5.41, 5.74) is -0.216. The maximum Gasteiger partial charge on any atom is 0.240 e. The average Bonchev–Trinajstić information content (AvgIpc) is 3.24. The van der Waals surface area contributed by atoms with Gasteiger partial charge in [-0.3, -0.25) is 4.90 Å². The number of aromatic nitrogens is 2. The van der Waals surface area contributed by atoms with Gasteiger partial charge in [0.25, 0.3) is 0 Å². The van der Waals surface area contributed by atoms with E-state index in [2.05, 4.69) is 35.8 Å². The number of ether oxygens (including phenoxy) is 1. The zero-order valence-electron chi connectivity index (χ0n) is 16.3. The molecule has 2 unspecified atom stereocenters. The highest BCUT2D eigenvalue weighted by atomic mass is 16.5. The first kappa shape index (κ1) is 18.9. The monoisotopic (exact) mass is 359 g/mol. The van der Waals surface area contributed by atoms with Crippen LogP contribution in [-0.2, 0) is 17.6 Å². The summed E-state index contributed by atoms with van der Waals surface area (Å²) in [6, 6.07) is 7.63. The fraction of sp³-hybridized carbons (Fsp3) is 0.600. The lowest BCUT2D eigenvalue weighted by Crippen LogP contribution is -2.45. The molecule has 0 spiro atoms. The summed E-state index contributed by atoms with van der Waals surface area (Å²) < 4.78 is 10.7. The molecule has 2 aromatic rings. The maximum absolute atomic E-state index is 11.3. The van der Waals surface area contributed by atoms with Gasteiger partial charge in [-0.1, -0.05) is 38.1 Å². The Morgan fingerprint density at radius 3 is 2.50 bits per heavy atom. The van der Waals surface area contributed by atoms with Gasteiger partial charge in [0.15, 0.2) is 5.82 Å². The molecule has 2 atom stereocenters. The Kier molecular flexibility index (Phi) is 5.08. The van der Waals surface area contributed by atoms with Crippen LogP contribution in [0.4, 0.5) is 0 Å². The first-order valence-electron chi connectivity index (χ1n) is 9.16. The van der Waals surface area contributed by atoms with Gasteiger partial charge in [-0.2, -0.15) is 4.98 Å². The minimum absolute atomic E-state index is 0.000816. The molecule has 0 saturated carbocycles. The van der Waals surface area contributed by atoms with Gasteiger partial charge in [-0.15, -0.1) is 0 Å². The summed E-state index contributed by atoms with van der Waals surface area (Å²) >= 11 is 0. The molecule has 2 heterocycles. The summed E-state index contributed by atoms with van der Waals surface area (Å²) in [5, 5.41) is 15.4. The molecule has 1 aromatic carbocycles. The number of aliphatic hydroxyl groups is 1. The molecule has 1 N–H and O–H groups in total. The highest BCUT2D eigenvalue weighted by Gasteiger charge is 2.41. The van der Waals surface area contributed by atoms with Crippen molar-refractivity contribution in [2.24, 2.45) is 0 Å². The zero-order chi connectivity index (χ0) is 18.9. The van der Waals surface area contributed by atoms with Gasteiger partial charge >= 0.3 is 0 Å². The van der Waals surface area contributed by atoms with Gasteiger partial charge in [0.2, 0.25) is 5.89 Å². The molecule has 3 rings (SSSR count). The van der Waals surface area contributed by atoms with Gasteiger partial charge in [-0.05, 0) is 44.0 Å². The Hall–Kier alpha value is -1.92. The zero-order valence-corrected chi connectivity index (χ0v) is 16.3. The topological polar surface area (TPSA) is 71.6 Å². The van der Waals surface area contributed by atoms with Crippen LogP contribution in [0.3, 0.4) is 0 Å². The quantitative estimate of drug-likeness (QED) is 0.884. The van der Waals surface area contributed by atoms with Crippen molar-refractivity contribution >= 4 is 0 Å². The SMILES string of the molecule is COc1ccc(C(C)(O)C2CCCN2Cc2nc(C(C)(C)C)no2)cc1. The largest absolute Gasteiger partial charge is 0.497 e. The van der Waals surface area contributed by atoms with E-state index in [1.54, 1.807) is 7.11 Å². The van der Waals surface area contributed by atoms with E-state index in [1.807, 2.05) is 31.2 Å². The van der Waals surface area contributed by atoms with Crippen molar-refractivity contribution in [2.75, 3.05) is 13.7 Å². The molecule has 6 heteroatoms. The Bertz CT molecular complexity index is 732. The van der Waals surface area contributed by atoms with E-state index in [1.165, 1.54) is 0 Å². The second-order valence-electron chi connectivity index (χ2n) is 8.27. The minimum atomic E-state index is -0.963. The van der Waals surface area contributed by atoms with Gasteiger partial charge in [0.1, 0.15) is 11.4 Å². The fourth-order valence-corrected chi connectivity index (χ4v) is 3.57. The maximum atomic E-state index is 11.3. The second-order valence-corrected chi connectivity index (χ2v) is 8.27. The van der Waals surface area contributed by atoms with Gasteiger partial charge in [-0.25, -0.2) is 0 Å². The summed E-state index contributed by atoms with van der Waals surface area (Å²) in [6.07, 6.45) is 1.97. The third-order valence-corrected chi connectivity index (χ3v) is 5.16. The van der Waals surface area contributed by atoms with Crippen LogP contribution in [0.25, 0.3) is 0 Å². The number of likely N-dealkylation sites (tertiary alicyclic amines) is 1. The normalized spacial score (nSPS) is 20.9. The van der Waals surface area contributed by atoms with Gasteiger partial charge < -0.3 is 14.4 Å². The predicted octanol–water partition coefficient (Wildman–Crippen LogP) is 3.25. The predicted molar refractivity (Wildman–Crippen MR) is 99.0 cm³/mol. The summed E-state index contributed by atoms with van der Waals surface area (Å²) in [5.74, 6) is 2.10. The van der Waals surface area contributed by atoms with Crippen molar-refractivity contribution in [3.05, 3.63) is 41.5 Å². The van der Waals surface area contributed by atoms with Crippen LogP contribution in [-0.4, -0.2) is 39.8 Å². The highest BCUT2D eigenvalue weighted by molar-refractivity contribution is 5.31. The van der Waals surface area contributed by atoms with Crippen molar-refractivity contribution < 1.29 is 14.4 Å². The van der Waals surface area contributed by atoms with E-state index in [0.717, 1.165) is 30.7 Å². The molecule has 0 amide bonds. The number of nitrogens with zero attached hydrogens (tertiary/aromatic N) is 3. The van der Waals surface area contributed by atoms with E-state index in [-0.39, 0.29) is 11.5 Å². The van der Waals surface area contributed by atoms with Crippen molar-refractivity contribution in [1.82, 2.24) is 15.0 Å². The average molecular weight is 359 g/mol. The molecule has 0 bridgehead atoms. The van der Waals surface area contributed by atoms with Crippen LogP contribution in [0.1, 0.15) is 57.8 Å². The lowest BCUT2D eigenvalue weighted by Gasteiger charge is -2.36. The molecule has 1 aliphatic heterocycles. The van der Waals surface area contributed by atoms with Crippen molar-refractivity contribution in [3.63, 3.8) is 0 Å². The van der Waals surface area contributed by atoms with Crippen LogP contribution >= 0.6 is 0 Å². The first-order valence-corrected chi connectivity index (χ1v) is 9.16. The number of benzene rings is 1. The van der Waals surface area contributed by atoms with Crippen LogP contribution in [0, 0.1) is 0 Å². The Labute approximate surface area is 155 Å². The van der Waals surface area contributed by atoms with Crippen LogP contribution < -0.4 is 4.74 Å². The number of hydrogen-bond acceptors (Lipinski definition) is 6. The molecule has 1 fully saturated rings. The molecule has 142 valence electrons. The standard InChI is InChI=1S/C20H29N3O3/c1-19(2,3)18-21-17(26-22-18)13-23-12-6-7-16(23)20(4,24)14-8-10-15(25-5)11-9-14/h8-11,16,24H,6-7,12-13H2,1-5H3. The molecule has 0 radical (unpaired) electrons. The number of methoxy groups -OCH3 is 1. The van der Waals surface area contributed by atoms with E-state index in [0.29, 0.717) is 18.3 Å². The Morgan fingerprint density at radius 2 is 1.92 bits per heavy atom. The fourth-order valence-electron chi connectivity index (χ4n) is 3.57. The minimum Gasteiger partial charge on any atom is -0.497 e. The third-order valence-electron chi connectivity index (χ3n) is 5.16. The Balaban J connectivity index is 1.77. The number of rotatable bonds is 5. The van der Waals surface area contributed by atoms with E-state index in [4.69, 9.17) is 9.26 Å². The van der Waals surface area contributed by atoms with Gasteiger partial charge in [0.05, 0.1) is 13.7 Å². The van der Waals surface area contributed by atoms with Crippen molar-refractivity contribution in [1.29, 1.82) is 0 Å². The summed E-state index contributed by atoms with van der Waals surface area (Å²) in [4.78, 5) is 6.78.